The van der Waals surface area contributed by atoms with E-state index in [-0.39, 0.29) is 11.8 Å². The van der Waals surface area contributed by atoms with E-state index in [9.17, 15) is 4.79 Å². The third kappa shape index (κ3) is 3.08. The van der Waals surface area contributed by atoms with Crippen LogP contribution in [0.1, 0.15) is 36.1 Å². The summed E-state index contributed by atoms with van der Waals surface area (Å²) < 4.78 is 0. The number of aromatic nitrogens is 2. The summed E-state index contributed by atoms with van der Waals surface area (Å²) in [4.78, 5) is 20.8. The molecule has 2 heterocycles. The zero-order valence-electron chi connectivity index (χ0n) is 11.1. The number of hydrogen-bond donors (Lipinski definition) is 2. The molecule has 1 amide bonds. The second-order valence-corrected chi connectivity index (χ2v) is 5.14. The lowest BCUT2D eigenvalue weighted by atomic mass is 10.2. The SMILES string of the molecule is CNc1cnc(C(C)C)nc1C(=O)Nc1ccsc1. The van der Waals surface area contributed by atoms with Crippen LogP contribution in [0.3, 0.4) is 0 Å². The highest BCUT2D eigenvalue weighted by Gasteiger charge is 2.16. The summed E-state index contributed by atoms with van der Waals surface area (Å²) in [5, 5.41) is 9.55. The third-order valence-corrected chi connectivity index (χ3v) is 3.27. The van der Waals surface area contributed by atoms with E-state index in [0.29, 0.717) is 17.2 Å². The number of nitrogens with one attached hydrogen (secondary N) is 2. The van der Waals surface area contributed by atoms with Crippen LogP contribution in [0.5, 0.6) is 0 Å². The molecule has 0 saturated carbocycles. The standard InChI is InChI=1S/C13H16N4OS/c1-8(2)12-15-6-10(14-3)11(17-12)13(18)16-9-4-5-19-7-9/h4-8,14H,1-3H3,(H,16,18). The van der Waals surface area contributed by atoms with Gasteiger partial charge in [-0.25, -0.2) is 9.97 Å². The Morgan fingerprint density at radius 3 is 2.79 bits per heavy atom. The zero-order chi connectivity index (χ0) is 13.8. The molecule has 0 radical (unpaired) electrons. The van der Waals surface area contributed by atoms with Crippen LogP contribution in [0.4, 0.5) is 11.4 Å². The van der Waals surface area contributed by atoms with E-state index in [1.807, 2.05) is 30.7 Å². The van der Waals surface area contributed by atoms with Crippen LogP contribution in [0.25, 0.3) is 0 Å². The summed E-state index contributed by atoms with van der Waals surface area (Å²) in [6.45, 7) is 3.99. The Bertz CT molecular complexity index is 566. The van der Waals surface area contributed by atoms with Gasteiger partial charge < -0.3 is 10.6 Å². The van der Waals surface area contributed by atoms with Crippen LogP contribution in [-0.4, -0.2) is 22.9 Å². The average molecular weight is 276 g/mol. The minimum Gasteiger partial charge on any atom is -0.385 e. The molecule has 0 aromatic carbocycles. The summed E-state index contributed by atoms with van der Waals surface area (Å²) >= 11 is 1.53. The highest BCUT2D eigenvalue weighted by Crippen LogP contribution is 2.18. The Hall–Kier alpha value is -1.95. The fourth-order valence-electron chi connectivity index (χ4n) is 1.56. The zero-order valence-corrected chi connectivity index (χ0v) is 11.9. The predicted octanol–water partition coefficient (Wildman–Crippen LogP) is 2.96. The van der Waals surface area contributed by atoms with Gasteiger partial charge in [0.05, 0.1) is 17.6 Å². The quantitative estimate of drug-likeness (QED) is 0.901. The van der Waals surface area contributed by atoms with E-state index >= 15 is 0 Å². The fourth-order valence-corrected chi connectivity index (χ4v) is 2.14. The largest absolute Gasteiger partial charge is 0.385 e. The van der Waals surface area contributed by atoms with Crippen LogP contribution in [0, 0.1) is 0 Å². The first-order chi connectivity index (χ1) is 9.11. The van der Waals surface area contributed by atoms with Gasteiger partial charge in [-0.05, 0) is 11.4 Å². The normalized spacial score (nSPS) is 10.5. The lowest BCUT2D eigenvalue weighted by Gasteiger charge is -2.11. The number of carbonyl (C=O) groups excluding carboxylic acids is 1. The topological polar surface area (TPSA) is 66.9 Å². The minimum atomic E-state index is -0.230. The first kappa shape index (κ1) is 13.5. The number of nitrogens with zero attached hydrogens (tertiary/aromatic N) is 2. The van der Waals surface area contributed by atoms with Gasteiger partial charge in [-0.15, -0.1) is 0 Å². The van der Waals surface area contributed by atoms with Crippen molar-refractivity contribution in [3.05, 3.63) is 34.5 Å². The van der Waals surface area contributed by atoms with Gasteiger partial charge in [0.15, 0.2) is 5.69 Å². The van der Waals surface area contributed by atoms with Crippen LogP contribution in [0.2, 0.25) is 0 Å². The van der Waals surface area contributed by atoms with Gasteiger partial charge in [0.2, 0.25) is 0 Å². The molecule has 19 heavy (non-hydrogen) atoms. The number of carbonyl (C=O) groups is 1. The third-order valence-electron chi connectivity index (χ3n) is 2.59. The maximum atomic E-state index is 12.2. The Balaban J connectivity index is 2.30. The van der Waals surface area contributed by atoms with E-state index in [1.165, 1.54) is 11.3 Å². The minimum absolute atomic E-state index is 0.179. The monoisotopic (exact) mass is 276 g/mol. The molecule has 0 fully saturated rings. The van der Waals surface area contributed by atoms with Gasteiger partial charge in [-0.3, -0.25) is 4.79 Å². The van der Waals surface area contributed by atoms with Crippen molar-refractivity contribution in [3.8, 4) is 0 Å². The molecule has 2 N–H and O–H groups in total. The van der Waals surface area contributed by atoms with Crippen LogP contribution in [0.15, 0.2) is 23.0 Å². The maximum absolute atomic E-state index is 12.2. The van der Waals surface area contributed by atoms with E-state index < -0.39 is 0 Å². The average Bonchev–Trinajstić information content (AvgIpc) is 2.90. The summed E-state index contributed by atoms with van der Waals surface area (Å²) in [7, 11) is 1.75. The number of anilines is 2. The summed E-state index contributed by atoms with van der Waals surface area (Å²) in [6.07, 6.45) is 1.64. The first-order valence-corrected chi connectivity index (χ1v) is 6.94. The van der Waals surface area contributed by atoms with Crippen molar-refractivity contribution in [3.63, 3.8) is 0 Å². The molecule has 0 bridgehead atoms. The molecule has 0 saturated heterocycles. The molecule has 0 aliphatic heterocycles. The molecule has 2 rings (SSSR count). The summed E-state index contributed by atoms with van der Waals surface area (Å²) in [5.74, 6) is 0.611. The molecule has 0 atom stereocenters. The molecular weight excluding hydrogens is 260 g/mol. The van der Waals surface area contributed by atoms with Crippen LogP contribution < -0.4 is 10.6 Å². The van der Waals surface area contributed by atoms with Gasteiger partial charge in [0.25, 0.3) is 5.91 Å². The summed E-state index contributed by atoms with van der Waals surface area (Å²) in [6, 6.07) is 1.85. The van der Waals surface area contributed by atoms with Crippen molar-refractivity contribution < 1.29 is 4.79 Å². The van der Waals surface area contributed by atoms with E-state index in [0.717, 1.165) is 5.69 Å². The predicted molar refractivity (Wildman–Crippen MR) is 77.9 cm³/mol. The molecule has 2 aromatic rings. The smallest absolute Gasteiger partial charge is 0.276 e. The number of hydrogen-bond acceptors (Lipinski definition) is 5. The lowest BCUT2D eigenvalue weighted by Crippen LogP contribution is -2.17. The Morgan fingerprint density at radius 1 is 1.42 bits per heavy atom. The van der Waals surface area contributed by atoms with Gasteiger partial charge >= 0.3 is 0 Å². The van der Waals surface area contributed by atoms with Crippen LogP contribution >= 0.6 is 11.3 Å². The van der Waals surface area contributed by atoms with Crippen molar-refractivity contribution in [2.75, 3.05) is 17.7 Å². The molecule has 6 heteroatoms. The van der Waals surface area contributed by atoms with E-state index in [1.54, 1.807) is 13.2 Å². The van der Waals surface area contributed by atoms with Gasteiger partial charge in [0, 0.05) is 18.3 Å². The molecule has 0 spiro atoms. The molecule has 0 aliphatic carbocycles. The Kier molecular flexibility index (Phi) is 4.11. The van der Waals surface area contributed by atoms with Gasteiger partial charge in [0.1, 0.15) is 5.82 Å². The fraction of sp³-hybridized carbons (Fsp3) is 0.308. The lowest BCUT2D eigenvalue weighted by molar-refractivity contribution is 0.102. The second kappa shape index (κ2) is 5.79. The highest BCUT2D eigenvalue weighted by atomic mass is 32.1. The molecule has 100 valence electrons. The number of thiophene rings is 1. The van der Waals surface area contributed by atoms with Crippen molar-refractivity contribution in [2.45, 2.75) is 19.8 Å². The molecule has 0 unspecified atom stereocenters. The molecule has 2 aromatic heterocycles. The molecule has 0 aliphatic rings. The van der Waals surface area contributed by atoms with Crippen molar-refractivity contribution >= 4 is 28.6 Å². The Morgan fingerprint density at radius 2 is 2.21 bits per heavy atom. The molecule has 5 nitrogen and oxygen atoms in total. The summed E-state index contributed by atoms with van der Waals surface area (Å²) in [5.41, 5.74) is 1.77. The highest BCUT2D eigenvalue weighted by molar-refractivity contribution is 7.08. The van der Waals surface area contributed by atoms with Gasteiger partial charge in [-0.1, -0.05) is 13.8 Å². The number of rotatable bonds is 4. The second-order valence-electron chi connectivity index (χ2n) is 4.36. The van der Waals surface area contributed by atoms with Crippen molar-refractivity contribution in [2.24, 2.45) is 0 Å². The maximum Gasteiger partial charge on any atom is 0.276 e. The molecular formula is C13H16N4OS. The van der Waals surface area contributed by atoms with Crippen molar-refractivity contribution in [1.29, 1.82) is 0 Å². The van der Waals surface area contributed by atoms with Crippen molar-refractivity contribution in [1.82, 2.24) is 9.97 Å². The first-order valence-electron chi connectivity index (χ1n) is 6.00. The number of amides is 1. The van der Waals surface area contributed by atoms with E-state index in [4.69, 9.17) is 0 Å². The van der Waals surface area contributed by atoms with Crippen LogP contribution in [-0.2, 0) is 0 Å². The Labute approximate surface area is 116 Å². The van der Waals surface area contributed by atoms with Gasteiger partial charge in [-0.2, -0.15) is 11.3 Å². The van der Waals surface area contributed by atoms with E-state index in [2.05, 4.69) is 20.6 Å².